The molecule has 1 aliphatic heterocycles. The monoisotopic (exact) mass is 300 g/mol. The van der Waals surface area contributed by atoms with E-state index in [2.05, 4.69) is 5.32 Å². The minimum Gasteiger partial charge on any atom is -0.316 e. The molecule has 1 heterocycles. The second-order valence-electron chi connectivity index (χ2n) is 5.13. The molecule has 0 bridgehead atoms. The van der Waals surface area contributed by atoms with E-state index < -0.39 is 10.0 Å². The summed E-state index contributed by atoms with van der Waals surface area (Å²) in [6.45, 7) is 3.86. The van der Waals surface area contributed by atoms with Gasteiger partial charge in [-0.25, -0.2) is 12.8 Å². The van der Waals surface area contributed by atoms with Gasteiger partial charge in [-0.1, -0.05) is 0 Å². The molecule has 0 radical (unpaired) electrons. The predicted octanol–water partition coefficient (Wildman–Crippen LogP) is 1.98. The zero-order valence-corrected chi connectivity index (χ0v) is 12.5. The fourth-order valence-corrected chi connectivity index (χ4v) is 4.50. The van der Waals surface area contributed by atoms with E-state index in [9.17, 15) is 12.8 Å². The van der Waals surface area contributed by atoms with E-state index in [-0.39, 0.29) is 17.5 Å². The summed E-state index contributed by atoms with van der Waals surface area (Å²) >= 11 is 0. The predicted molar refractivity (Wildman–Crippen MR) is 78.8 cm³/mol. The average molecular weight is 300 g/mol. The summed E-state index contributed by atoms with van der Waals surface area (Å²) in [4.78, 5) is 0. The molecule has 0 aliphatic carbocycles. The van der Waals surface area contributed by atoms with Gasteiger partial charge in [-0.15, -0.1) is 0 Å². The van der Waals surface area contributed by atoms with Gasteiger partial charge < -0.3 is 5.32 Å². The van der Waals surface area contributed by atoms with Crippen molar-refractivity contribution in [3.63, 3.8) is 0 Å². The van der Waals surface area contributed by atoms with Crippen molar-refractivity contribution in [2.24, 2.45) is 5.92 Å². The van der Waals surface area contributed by atoms with Crippen molar-refractivity contribution in [1.29, 1.82) is 0 Å². The van der Waals surface area contributed by atoms with Gasteiger partial charge in [0.2, 0.25) is 10.0 Å². The standard InChI is InChI=1S/C14H21FN2O2S/c1-2-17(14-7-5-13(15)6-8-14)20(18,19)11-12-4-3-9-16-10-12/h5-8,12,16H,2-4,9-11H2,1H3. The molecule has 1 aromatic carbocycles. The Bertz CT molecular complexity index is 525. The first kappa shape index (κ1) is 15.3. The summed E-state index contributed by atoms with van der Waals surface area (Å²) in [6, 6.07) is 5.59. The Hall–Kier alpha value is -1.14. The fourth-order valence-electron chi connectivity index (χ4n) is 2.60. The smallest absolute Gasteiger partial charge is 0.235 e. The number of halogens is 1. The van der Waals surface area contributed by atoms with Gasteiger partial charge in [0, 0.05) is 6.54 Å². The minimum absolute atomic E-state index is 0.144. The molecule has 0 aromatic heterocycles. The molecule has 20 heavy (non-hydrogen) atoms. The van der Waals surface area contributed by atoms with Gasteiger partial charge in [-0.2, -0.15) is 0 Å². The molecule has 112 valence electrons. The zero-order chi connectivity index (χ0) is 14.6. The Kier molecular flexibility index (Phi) is 4.99. The average Bonchev–Trinajstić information content (AvgIpc) is 2.42. The second kappa shape index (κ2) is 6.54. The molecule has 6 heteroatoms. The topological polar surface area (TPSA) is 49.4 Å². The number of sulfonamides is 1. The van der Waals surface area contributed by atoms with Gasteiger partial charge in [0.15, 0.2) is 0 Å². The molecule has 1 fully saturated rings. The Balaban J connectivity index is 2.14. The Labute approximate surface area is 120 Å². The van der Waals surface area contributed by atoms with Crippen LogP contribution < -0.4 is 9.62 Å². The molecule has 0 amide bonds. The van der Waals surface area contributed by atoms with Crippen LogP contribution in [0.25, 0.3) is 0 Å². The summed E-state index contributed by atoms with van der Waals surface area (Å²) in [5, 5.41) is 3.23. The third kappa shape index (κ3) is 3.70. The van der Waals surface area contributed by atoms with Crippen molar-refractivity contribution in [3.8, 4) is 0 Å². The summed E-state index contributed by atoms with van der Waals surface area (Å²) in [6.07, 6.45) is 1.95. The first-order chi connectivity index (χ1) is 9.53. The summed E-state index contributed by atoms with van der Waals surface area (Å²) in [5.74, 6) is -0.0625. The molecule has 4 nitrogen and oxygen atoms in total. The number of benzene rings is 1. The molecule has 1 saturated heterocycles. The van der Waals surface area contributed by atoms with Crippen LogP contribution in [0.4, 0.5) is 10.1 Å². The van der Waals surface area contributed by atoms with Crippen LogP contribution in [0.5, 0.6) is 0 Å². The number of hydrogen-bond acceptors (Lipinski definition) is 3. The highest BCUT2D eigenvalue weighted by atomic mass is 32.2. The Morgan fingerprint density at radius 2 is 2.05 bits per heavy atom. The first-order valence-corrected chi connectivity index (χ1v) is 8.60. The molecule has 2 rings (SSSR count). The molecule has 1 aromatic rings. The van der Waals surface area contributed by atoms with E-state index in [1.807, 2.05) is 0 Å². The summed E-state index contributed by atoms with van der Waals surface area (Å²) in [5.41, 5.74) is 0.526. The minimum atomic E-state index is -3.37. The van der Waals surface area contributed by atoms with Crippen molar-refractivity contribution < 1.29 is 12.8 Å². The van der Waals surface area contributed by atoms with Crippen molar-refractivity contribution in [1.82, 2.24) is 5.32 Å². The molecule has 1 N–H and O–H groups in total. The molecular weight excluding hydrogens is 279 g/mol. The maximum Gasteiger partial charge on any atom is 0.235 e. The number of piperidine rings is 1. The lowest BCUT2D eigenvalue weighted by Crippen LogP contribution is -2.40. The van der Waals surface area contributed by atoms with Crippen LogP contribution in [-0.4, -0.2) is 33.8 Å². The highest BCUT2D eigenvalue weighted by molar-refractivity contribution is 7.92. The molecule has 1 atom stereocenters. The van der Waals surface area contributed by atoms with Gasteiger partial charge in [-0.05, 0) is 63.0 Å². The van der Waals surface area contributed by atoms with E-state index in [4.69, 9.17) is 0 Å². The lowest BCUT2D eigenvalue weighted by Gasteiger charge is -2.28. The van der Waals surface area contributed by atoms with E-state index in [1.165, 1.54) is 28.6 Å². The molecular formula is C14H21FN2O2S. The number of nitrogens with zero attached hydrogens (tertiary/aromatic N) is 1. The third-order valence-corrected chi connectivity index (χ3v) is 5.62. The van der Waals surface area contributed by atoms with Crippen LogP contribution in [0.2, 0.25) is 0 Å². The quantitative estimate of drug-likeness (QED) is 0.904. The fraction of sp³-hybridized carbons (Fsp3) is 0.571. The lowest BCUT2D eigenvalue weighted by atomic mass is 10.0. The van der Waals surface area contributed by atoms with E-state index in [1.54, 1.807) is 6.92 Å². The van der Waals surface area contributed by atoms with Crippen LogP contribution in [-0.2, 0) is 10.0 Å². The van der Waals surface area contributed by atoms with Crippen molar-refractivity contribution in [2.45, 2.75) is 19.8 Å². The number of hydrogen-bond donors (Lipinski definition) is 1. The highest BCUT2D eigenvalue weighted by Gasteiger charge is 2.26. The van der Waals surface area contributed by atoms with Gasteiger partial charge in [0.25, 0.3) is 0 Å². The van der Waals surface area contributed by atoms with Crippen LogP contribution in [0.3, 0.4) is 0 Å². The van der Waals surface area contributed by atoms with Crippen LogP contribution in [0.15, 0.2) is 24.3 Å². The lowest BCUT2D eigenvalue weighted by molar-refractivity contribution is 0.403. The number of nitrogens with one attached hydrogen (secondary N) is 1. The highest BCUT2D eigenvalue weighted by Crippen LogP contribution is 2.21. The maximum atomic E-state index is 12.9. The van der Waals surface area contributed by atoms with Crippen LogP contribution >= 0.6 is 0 Å². The van der Waals surface area contributed by atoms with Crippen LogP contribution in [0.1, 0.15) is 19.8 Å². The molecule has 1 unspecified atom stereocenters. The van der Waals surface area contributed by atoms with Crippen molar-refractivity contribution >= 4 is 15.7 Å². The zero-order valence-electron chi connectivity index (χ0n) is 11.7. The number of anilines is 1. The van der Waals surface area contributed by atoms with Gasteiger partial charge in [0.05, 0.1) is 11.4 Å². The van der Waals surface area contributed by atoms with Gasteiger partial charge >= 0.3 is 0 Å². The summed E-state index contributed by atoms with van der Waals surface area (Å²) < 4.78 is 39.3. The summed E-state index contributed by atoms with van der Waals surface area (Å²) in [7, 11) is -3.37. The Morgan fingerprint density at radius 3 is 2.60 bits per heavy atom. The van der Waals surface area contributed by atoms with Gasteiger partial charge in [-0.3, -0.25) is 4.31 Å². The third-order valence-electron chi connectivity index (χ3n) is 3.58. The molecule has 1 aliphatic rings. The second-order valence-corrected chi connectivity index (χ2v) is 7.07. The van der Waals surface area contributed by atoms with E-state index >= 15 is 0 Å². The number of rotatable bonds is 5. The Morgan fingerprint density at radius 1 is 1.35 bits per heavy atom. The largest absolute Gasteiger partial charge is 0.316 e. The molecule has 0 spiro atoms. The molecule has 0 saturated carbocycles. The normalized spacial score (nSPS) is 19.8. The van der Waals surface area contributed by atoms with Crippen LogP contribution in [0, 0.1) is 11.7 Å². The maximum absolute atomic E-state index is 12.9. The first-order valence-electron chi connectivity index (χ1n) is 6.99. The van der Waals surface area contributed by atoms with E-state index in [0.29, 0.717) is 12.2 Å². The van der Waals surface area contributed by atoms with Crippen molar-refractivity contribution in [3.05, 3.63) is 30.1 Å². The van der Waals surface area contributed by atoms with Crippen molar-refractivity contribution in [2.75, 3.05) is 29.7 Å². The van der Waals surface area contributed by atoms with E-state index in [0.717, 1.165) is 25.9 Å². The SMILES string of the molecule is CCN(c1ccc(F)cc1)S(=O)(=O)CC1CCCNC1. The van der Waals surface area contributed by atoms with Gasteiger partial charge in [0.1, 0.15) is 5.82 Å².